The number of likely N-dealkylation sites (tertiary alicyclic amines) is 1. The lowest BCUT2D eigenvalue weighted by atomic mass is 10.1. The zero-order valence-electron chi connectivity index (χ0n) is 19.2. The number of carbonyl (C=O) groups excluding carboxylic acids is 2. The SMILES string of the molecule is CCCCc1cn([C@@H](CCCCNC(=O)OC(C)(C)C)C(=O)N2CCCCC2)nn1. The molecule has 1 aromatic rings. The number of carbonyl (C=O) groups is 2. The molecule has 0 unspecified atom stereocenters. The van der Waals surface area contributed by atoms with Crippen LogP contribution >= 0.6 is 0 Å². The summed E-state index contributed by atoms with van der Waals surface area (Å²) in [6, 6.07) is -0.326. The summed E-state index contributed by atoms with van der Waals surface area (Å²) in [5, 5.41) is 11.3. The van der Waals surface area contributed by atoms with Crippen LogP contribution in [0.1, 0.15) is 90.8 Å². The van der Waals surface area contributed by atoms with Gasteiger partial charge in [0.15, 0.2) is 0 Å². The quantitative estimate of drug-likeness (QED) is 0.579. The summed E-state index contributed by atoms with van der Waals surface area (Å²) in [7, 11) is 0. The summed E-state index contributed by atoms with van der Waals surface area (Å²) in [5.41, 5.74) is 0.443. The van der Waals surface area contributed by atoms with Crippen molar-refractivity contribution in [1.82, 2.24) is 25.2 Å². The van der Waals surface area contributed by atoms with Gasteiger partial charge in [-0.3, -0.25) is 4.79 Å². The van der Waals surface area contributed by atoms with Crippen molar-refractivity contribution in [3.05, 3.63) is 11.9 Å². The van der Waals surface area contributed by atoms with Crippen LogP contribution in [0.25, 0.3) is 0 Å². The Morgan fingerprint density at radius 1 is 1.17 bits per heavy atom. The van der Waals surface area contributed by atoms with Gasteiger partial charge in [-0.05, 0) is 72.1 Å². The summed E-state index contributed by atoms with van der Waals surface area (Å²) in [4.78, 5) is 26.9. The van der Waals surface area contributed by atoms with E-state index in [0.29, 0.717) is 13.0 Å². The number of aryl methyl sites for hydroxylation is 1. The van der Waals surface area contributed by atoms with Gasteiger partial charge in [-0.25, -0.2) is 9.48 Å². The lowest BCUT2D eigenvalue weighted by molar-refractivity contribution is -0.136. The van der Waals surface area contributed by atoms with E-state index in [1.54, 1.807) is 4.68 Å². The first-order valence-corrected chi connectivity index (χ1v) is 11.5. The monoisotopic (exact) mass is 421 g/mol. The maximum atomic E-state index is 13.2. The van der Waals surface area contributed by atoms with E-state index in [2.05, 4.69) is 22.6 Å². The number of hydrogen-bond donors (Lipinski definition) is 1. The molecule has 8 nitrogen and oxygen atoms in total. The van der Waals surface area contributed by atoms with Crippen LogP contribution in [-0.4, -0.2) is 57.1 Å². The largest absolute Gasteiger partial charge is 0.444 e. The molecule has 2 heterocycles. The molecule has 1 saturated heterocycles. The van der Waals surface area contributed by atoms with Crippen LogP contribution < -0.4 is 5.32 Å². The van der Waals surface area contributed by atoms with E-state index in [1.807, 2.05) is 31.9 Å². The van der Waals surface area contributed by atoms with E-state index in [4.69, 9.17) is 4.74 Å². The Bertz CT molecular complexity index is 662. The first kappa shape index (κ1) is 24.2. The highest BCUT2D eigenvalue weighted by molar-refractivity contribution is 5.80. The molecule has 0 spiro atoms. The van der Waals surface area contributed by atoms with E-state index < -0.39 is 11.7 Å². The highest BCUT2D eigenvalue weighted by Gasteiger charge is 2.27. The molecule has 0 saturated carbocycles. The maximum absolute atomic E-state index is 13.2. The summed E-state index contributed by atoms with van der Waals surface area (Å²) in [6.07, 6.45) is 10.2. The van der Waals surface area contributed by atoms with Crippen molar-refractivity contribution >= 4 is 12.0 Å². The molecular formula is C22H39N5O3. The van der Waals surface area contributed by atoms with Gasteiger partial charge in [-0.1, -0.05) is 18.6 Å². The van der Waals surface area contributed by atoms with Crippen molar-refractivity contribution < 1.29 is 14.3 Å². The molecule has 1 aromatic heterocycles. The van der Waals surface area contributed by atoms with Crippen LogP contribution in [0.3, 0.4) is 0 Å². The van der Waals surface area contributed by atoms with Gasteiger partial charge >= 0.3 is 6.09 Å². The first-order valence-electron chi connectivity index (χ1n) is 11.5. The standard InChI is InChI=1S/C22H39N5O3/c1-5-6-12-18-17-27(25-24-18)19(20(28)26-15-10-7-11-16-26)13-8-9-14-23-21(29)30-22(2,3)4/h17,19H,5-16H2,1-4H3,(H,23,29)/t19-/m0/s1. The molecule has 0 bridgehead atoms. The fraction of sp³-hybridized carbons (Fsp3) is 0.818. The van der Waals surface area contributed by atoms with Crippen LogP contribution in [0.5, 0.6) is 0 Å². The van der Waals surface area contributed by atoms with E-state index in [-0.39, 0.29) is 11.9 Å². The predicted molar refractivity (Wildman–Crippen MR) is 116 cm³/mol. The van der Waals surface area contributed by atoms with Crippen LogP contribution in [0.4, 0.5) is 4.79 Å². The van der Waals surface area contributed by atoms with Crippen LogP contribution in [0.2, 0.25) is 0 Å². The van der Waals surface area contributed by atoms with E-state index in [0.717, 1.165) is 63.7 Å². The average Bonchev–Trinajstić information content (AvgIpc) is 3.16. The molecule has 2 amide bonds. The minimum atomic E-state index is -0.501. The Balaban J connectivity index is 1.90. The number of amides is 2. The van der Waals surface area contributed by atoms with Gasteiger partial charge in [0, 0.05) is 25.8 Å². The zero-order chi connectivity index (χ0) is 22.0. The molecular weight excluding hydrogens is 382 g/mol. The normalized spacial score (nSPS) is 15.7. The molecule has 1 atom stereocenters. The second-order valence-corrected chi connectivity index (χ2v) is 9.12. The summed E-state index contributed by atoms with van der Waals surface area (Å²) in [6.45, 7) is 9.86. The van der Waals surface area contributed by atoms with E-state index in [1.165, 1.54) is 6.42 Å². The molecule has 1 fully saturated rings. The Hall–Kier alpha value is -2.12. The minimum Gasteiger partial charge on any atom is -0.444 e. The Labute approximate surface area is 180 Å². The number of aromatic nitrogens is 3. The number of rotatable bonds is 10. The van der Waals surface area contributed by atoms with Gasteiger partial charge in [0.1, 0.15) is 11.6 Å². The number of hydrogen-bond acceptors (Lipinski definition) is 5. The number of unbranched alkanes of at least 4 members (excludes halogenated alkanes) is 2. The van der Waals surface area contributed by atoms with Gasteiger partial charge < -0.3 is 15.0 Å². The zero-order valence-corrected chi connectivity index (χ0v) is 19.2. The molecule has 0 aromatic carbocycles. The molecule has 2 rings (SSSR count). The smallest absolute Gasteiger partial charge is 0.407 e. The van der Waals surface area contributed by atoms with Gasteiger partial charge in [-0.15, -0.1) is 5.10 Å². The van der Waals surface area contributed by atoms with Crippen molar-refractivity contribution in [2.24, 2.45) is 0 Å². The number of piperidine rings is 1. The molecule has 8 heteroatoms. The van der Waals surface area contributed by atoms with Gasteiger partial charge in [0.25, 0.3) is 0 Å². The Morgan fingerprint density at radius 3 is 2.57 bits per heavy atom. The van der Waals surface area contributed by atoms with Crippen molar-refractivity contribution in [3.63, 3.8) is 0 Å². The molecule has 0 radical (unpaired) electrons. The average molecular weight is 422 g/mol. The third-order valence-corrected chi connectivity index (χ3v) is 5.19. The van der Waals surface area contributed by atoms with Crippen molar-refractivity contribution in [3.8, 4) is 0 Å². The second kappa shape index (κ2) is 11.9. The molecule has 1 aliphatic heterocycles. The lowest BCUT2D eigenvalue weighted by Crippen LogP contribution is -2.40. The summed E-state index contributed by atoms with van der Waals surface area (Å²) >= 11 is 0. The fourth-order valence-corrected chi connectivity index (χ4v) is 3.60. The highest BCUT2D eigenvalue weighted by atomic mass is 16.6. The van der Waals surface area contributed by atoms with Crippen LogP contribution in [0, 0.1) is 0 Å². The predicted octanol–water partition coefficient (Wildman–Crippen LogP) is 3.87. The molecule has 1 aliphatic rings. The van der Waals surface area contributed by atoms with Crippen molar-refractivity contribution in [2.45, 2.75) is 97.1 Å². The van der Waals surface area contributed by atoms with Crippen LogP contribution in [-0.2, 0) is 16.0 Å². The number of nitrogens with one attached hydrogen (secondary N) is 1. The number of nitrogens with zero attached hydrogens (tertiary/aromatic N) is 4. The van der Waals surface area contributed by atoms with Crippen molar-refractivity contribution in [2.75, 3.05) is 19.6 Å². The summed E-state index contributed by atoms with van der Waals surface area (Å²) < 4.78 is 7.01. The third-order valence-electron chi connectivity index (χ3n) is 5.19. The lowest BCUT2D eigenvalue weighted by Gasteiger charge is -2.30. The fourth-order valence-electron chi connectivity index (χ4n) is 3.60. The second-order valence-electron chi connectivity index (χ2n) is 9.12. The van der Waals surface area contributed by atoms with Crippen molar-refractivity contribution in [1.29, 1.82) is 0 Å². The van der Waals surface area contributed by atoms with Crippen LogP contribution in [0.15, 0.2) is 6.20 Å². The van der Waals surface area contributed by atoms with Gasteiger partial charge in [0.2, 0.25) is 5.91 Å². The Kier molecular flexibility index (Phi) is 9.59. The highest BCUT2D eigenvalue weighted by Crippen LogP contribution is 2.21. The van der Waals surface area contributed by atoms with Gasteiger partial charge in [0.05, 0.1) is 5.69 Å². The summed E-state index contributed by atoms with van der Waals surface area (Å²) in [5.74, 6) is 0.141. The molecule has 170 valence electrons. The minimum absolute atomic E-state index is 0.141. The number of alkyl carbamates (subject to hydrolysis) is 1. The van der Waals surface area contributed by atoms with Gasteiger partial charge in [-0.2, -0.15) is 0 Å². The first-order chi connectivity index (χ1) is 14.3. The molecule has 30 heavy (non-hydrogen) atoms. The number of ether oxygens (including phenoxy) is 1. The van der Waals surface area contributed by atoms with E-state index in [9.17, 15) is 9.59 Å². The topological polar surface area (TPSA) is 89.4 Å². The van der Waals surface area contributed by atoms with E-state index >= 15 is 0 Å². The maximum Gasteiger partial charge on any atom is 0.407 e. The Morgan fingerprint density at radius 2 is 1.90 bits per heavy atom. The molecule has 0 aliphatic carbocycles. The third kappa shape index (κ3) is 8.32. The molecule has 1 N–H and O–H groups in total.